The fourth-order valence-corrected chi connectivity index (χ4v) is 3.49. The third-order valence-corrected chi connectivity index (χ3v) is 6.46. The van der Waals surface area contributed by atoms with Crippen LogP contribution < -0.4 is 9.64 Å². The number of rotatable bonds is 6. The molecule has 0 atom stereocenters. The molecular formula is C24H33F3N4O2S. The fourth-order valence-electron chi connectivity index (χ4n) is 2.50. The van der Waals surface area contributed by atoms with Crippen molar-refractivity contribution in [2.75, 3.05) is 0 Å². The second-order valence-electron chi connectivity index (χ2n) is 10.2. The summed E-state index contributed by atoms with van der Waals surface area (Å²) in [5.74, 6) is -0.940. The van der Waals surface area contributed by atoms with Crippen molar-refractivity contribution in [2.24, 2.45) is 15.6 Å². The van der Waals surface area contributed by atoms with Gasteiger partial charge in [-0.3, -0.25) is 4.79 Å². The van der Waals surface area contributed by atoms with Gasteiger partial charge in [0.1, 0.15) is 5.01 Å². The average molecular weight is 499 g/mol. The quantitative estimate of drug-likeness (QED) is 0.333. The van der Waals surface area contributed by atoms with Gasteiger partial charge in [0.05, 0.1) is 16.8 Å². The van der Waals surface area contributed by atoms with Crippen LogP contribution in [0.5, 0.6) is 5.75 Å². The van der Waals surface area contributed by atoms with E-state index in [1.165, 1.54) is 11.3 Å². The second-order valence-corrected chi connectivity index (χ2v) is 11.1. The first-order valence-corrected chi connectivity index (χ1v) is 12.0. The predicted molar refractivity (Wildman–Crippen MR) is 128 cm³/mol. The van der Waals surface area contributed by atoms with Crippen LogP contribution >= 0.6 is 11.3 Å². The van der Waals surface area contributed by atoms with Crippen LogP contribution in [0.3, 0.4) is 0 Å². The van der Waals surface area contributed by atoms with E-state index in [4.69, 9.17) is 4.84 Å². The number of unbranched alkanes of at least 4 members (excludes halogenated alkanes) is 1. The van der Waals surface area contributed by atoms with Crippen molar-refractivity contribution >= 4 is 23.0 Å². The highest BCUT2D eigenvalue weighted by Crippen LogP contribution is 2.33. The first-order chi connectivity index (χ1) is 15.5. The molecule has 0 aliphatic rings. The minimum atomic E-state index is -4.62. The van der Waals surface area contributed by atoms with E-state index in [0.29, 0.717) is 17.1 Å². The Kier molecular flexibility index (Phi) is 8.50. The number of carbonyl (C=O) groups is 1. The molecule has 0 radical (unpaired) electrons. The number of alkyl halides is 3. The summed E-state index contributed by atoms with van der Waals surface area (Å²) in [7, 11) is 0. The van der Waals surface area contributed by atoms with Crippen molar-refractivity contribution in [1.29, 1.82) is 0 Å². The SMILES string of the molecule is CCCCn1nc(C(C)(C)C)sc1=NC(=O)c1cc(C(F)(F)F)ccc1O/N=C(/C)C(C)(C)C. The van der Waals surface area contributed by atoms with Gasteiger partial charge in [-0.15, -0.1) is 0 Å². The van der Waals surface area contributed by atoms with Crippen LogP contribution in [0.1, 0.15) is 89.2 Å². The standard InChI is InChI=1S/C24H33F3N4O2S/c1-9-10-13-31-21(34-20(29-31)23(6,7)8)28-19(32)17-14-16(24(25,26)27)11-12-18(17)33-30-15(2)22(3,4)5/h11-12,14H,9-10,13H2,1-8H3/b28-21?,30-15-. The Morgan fingerprint density at radius 2 is 1.79 bits per heavy atom. The van der Waals surface area contributed by atoms with E-state index < -0.39 is 17.6 Å². The average Bonchev–Trinajstić information content (AvgIpc) is 3.11. The zero-order valence-corrected chi connectivity index (χ0v) is 21.8. The molecule has 0 saturated heterocycles. The molecular weight excluding hydrogens is 465 g/mol. The van der Waals surface area contributed by atoms with Gasteiger partial charge in [-0.2, -0.15) is 23.3 Å². The maximum absolute atomic E-state index is 13.4. The number of carbonyl (C=O) groups excluding carboxylic acids is 1. The lowest BCUT2D eigenvalue weighted by atomic mass is 9.91. The first-order valence-electron chi connectivity index (χ1n) is 11.1. The van der Waals surface area contributed by atoms with Gasteiger partial charge < -0.3 is 4.84 Å². The molecule has 2 aromatic rings. The number of halogens is 3. The Labute approximate surface area is 202 Å². The second kappa shape index (κ2) is 10.4. The number of amides is 1. The molecule has 1 aromatic heterocycles. The van der Waals surface area contributed by atoms with Crippen molar-refractivity contribution in [3.63, 3.8) is 0 Å². The van der Waals surface area contributed by atoms with Gasteiger partial charge in [-0.1, -0.05) is 71.4 Å². The van der Waals surface area contributed by atoms with Crippen molar-refractivity contribution < 1.29 is 22.8 Å². The molecule has 0 fully saturated rings. The molecule has 0 bridgehead atoms. The number of aromatic nitrogens is 2. The normalized spacial score (nSPS) is 14.0. The summed E-state index contributed by atoms with van der Waals surface area (Å²) in [4.78, 5) is 23.1. The Balaban J connectivity index is 2.61. The number of aryl methyl sites for hydroxylation is 1. The van der Waals surface area contributed by atoms with Crippen molar-refractivity contribution in [2.45, 2.75) is 86.4 Å². The van der Waals surface area contributed by atoms with Crippen LogP contribution in [0.4, 0.5) is 13.2 Å². The first kappa shape index (κ1) is 27.8. The molecule has 1 heterocycles. The molecule has 6 nitrogen and oxygen atoms in total. The van der Waals surface area contributed by atoms with Crippen molar-refractivity contribution in [3.8, 4) is 5.75 Å². The van der Waals surface area contributed by atoms with Crippen LogP contribution in [0.15, 0.2) is 28.3 Å². The van der Waals surface area contributed by atoms with E-state index in [-0.39, 0.29) is 22.1 Å². The highest BCUT2D eigenvalue weighted by molar-refractivity contribution is 7.09. The maximum atomic E-state index is 13.4. The van der Waals surface area contributed by atoms with Gasteiger partial charge in [0.25, 0.3) is 5.91 Å². The highest BCUT2D eigenvalue weighted by atomic mass is 32.1. The fraction of sp³-hybridized carbons (Fsp3) is 0.583. The third-order valence-electron chi connectivity index (χ3n) is 5.09. The number of nitrogens with zero attached hydrogens (tertiary/aromatic N) is 4. The molecule has 0 N–H and O–H groups in total. The van der Waals surface area contributed by atoms with Gasteiger partial charge in [0.15, 0.2) is 5.75 Å². The molecule has 0 aliphatic carbocycles. The molecule has 1 aromatic carbocycles. The van der Waals surface area contributed by atoms with Crippen LogP contribution in [0, 0.1) is 5.41 Å². The molecule has 0 saturated carbocycles. The Morgan fingerprint density at radius 3 is 2.32 bits per heavy atom. The largest absolute Gasteiger partial charge is 0.416 e. The van der Waals surface area contributed by atoms with E-state index >= 15 is 0 Å². The van der Waals surface area contributed by atoms with Crippen LogP contribution in [0.2, 0.25) is 0 Å². The molecule has 10 heteroatoms. The summed E-state index contributed by atoms with van der Waals surface area (Å²) in [6.07, 6.45) is -2.88. The molecule has 1 amide bonds. The predicted octanol–water partition coefficient (Wildman–Crippen LogP) is 6.60. The summed E-state index contributed by atoms with van der Waals surface area (Å²) in [5.41, 5.74) is -1.23. The van der Waals surface area contributed by atoms with Gasteiger partial charge in [0, 0.05) is 17.4 Å². The highest BCUT2D eigenvalue weighted by Gasteiger charge is 2.32. The van der Waals surface area contributed by atoms with Crippen LogP contribution in [-0.2, 0) is 18.1 Å². The summed E-state index contributed by atoms with van der Waals surface area (Å²) in [6.45, 7) is 16.1. The van der Waals surface area contributed by atoms with Crippen LogP contribution in [-0.4, -0.2) is 21.4 Å². The van der Waals surface area contributed by atoms with Crippen LogP contribution in [0.25, 0.3) is 0 Å². The zero-order chi connectivity index (χ0) is 25.9. The third kappa shape index (κ3) is 7.25. The lowest BCUT2D eigenvalue weighted by molar-refractivity contribution is -0.137. The molecule has 0 spiro atoms. The number of hydrogen-bond donors (Lipinski definition) is 0. The topological polar surface area (TPSA) is 68.8 Å². The molecule has 2 rings (SSSR count). The molecule has 188 valence electrons. The van der Waals surface area contributed by atoms with E-state index in [2.05, 4.69) is 15.2 Å². The lowest BCUT2D eigenvalue weighted by Crippen LogP contribution is -2.20. The van der Waals surface area contributed by atoms with Crippen molar-refractivity contribution in [1.82, 2.24) is 9.78 Å². The number of benzene rings is 1. The molecule has 34 heavy (non-hydrogen) atoms. The minimum absolute atomic E-state index is 0.0916. The number of oxime groups is 1. The zero-order valence-electron chi connectivity index (χ0n) is 21.0. The molecule has 0 unspecified atom stereocenters. The van der Waals surface area contributed by atoms with Gasteiger partial charge in [0.2, 0.25) is 4.80 Å². The Morgan fingerprint density at radius 1 is 1.15 bits per heavy atom. The van der Waals surface area contributed by atoms with Gasteiger partial charge in [-0.25, -0.2) is 4.68 Å². The van der Waals surface area contributed by atoms with E-state index in [0.717, 1.165) is 36.0 Å². The van der Waals surface area contributed by atoms with E-state index in [1.807, 2.05) is 48.5 Å². The Bertz CT molecular complexity index is 1120. The van der Waals surface area contributed by atoms with Gasteiger partial charge in [-0.05, 0) is 31.5 Å². The summed E-state index contributed by atoms with van der Waals surface area (Å²) in [5, 5.41) is 9.40. The smallest absolute Gasteiger partial charge is 0.356 e. The number of hydrogen-bond acceptors (Lipinski definition) is 5. The maximum Gasteiger partial charge on any atom is 0.416 e. The van der Waals surface area contributed by atoms with E-state index in [1.54, 1.807) is 11.6 Å². The van der Waals surface area contributed by atoms with Gasteiger partial charge >= 0.3 is 6.18 Å². The van der Waals surface area contributed by atoms with E-state index in [9.17, 15) is 18.0 Å². The summed E-state index contributed by atoms with van der Waals surface area (Å²) in [6, 6.07) is 2.72. The minimum Gasteiger partial charge on any atom is -0.356 e. The lowest BCUT2D eigenvalue weighted by Gasteiger charge is -2.17. The molecule has 0 aliphatic heterocycles. The summed E-state index contributed by atoms with van der Waals surface area (Å²) < 4.78 is 41.8. The monoisotopic (exact) mass is 498 g/mol. The Hall–Kier alpha value is -2.49. The summed E-state index contributed by atoms with van der Waals surface area (Å²) >= 11 is 1.25. The van der Waals surface area contributed by atoms with Crippen molar-refractivity contribution in [3.05, 3.63) is 39.1 Å².